The number of rotatable bonds is 6. The summed E-state index contributed by atoms with van der Waals surface area (Å²) >= 11 is 0. The zero-order valence-electron chi connectivity index (χ0n) is 10.2. The average Bonchev–Trinajstić information content (AvgIpc) is 2.36. The lowest BCUT2D eigenvalue weighted by Gasteiger charge is -2.20. The molecule has 0 aliphatic carbocycles. The Morgan fingerprint density at radius 2 is 2.17 bits per heavy atom. The minimum atomic E-state index is -0.587. The van der Waals surface area contributed by atoms with Gasteiger partial charge in [0.25, 0.3) is 0 Å². The van der Waals surface area contributed by atoms with E-state index in [9.17, 15) is 8.78 Å². The van der Waals surface area contributed by atoms with E-state index in [0.717, 1.165) is 6.07 Å². The second-order valence-electron chi connectivity index (χ2n) is 3.95. The Balaban J connectivity index is 2.62. The first-order chi connectivity index (χ1) is 8.56. The number of hydrogen-bond donors (Lipinski definition) is 2. The summed E-state index contributed by atoms with van der Waals surface area (Å²) in [4.78, 5) is 1.92. The highest BCUT2D eigenvalue weighted by Crippen LogP contribution is 2.12. The Kier molecular flexibility index (Phi) is 5.51. The molecular formula is C12H17F2N3O. The largest absolute Gasteiger partial charge is 0.409 e. The van der Waals surface area contributed by atoms with Gasteiger partial charge in [0.2, 0.25) is 0 Å². The third kappa shape index (κ3) is 4.29. The van der Waals surface area contributed by atoms with Gasteiger partial charge in [-0.15, -0.1) is 0 Å². The van der Waals surface area contributed by atoms with Gasteiger partial charge in [0.1, 0.15) is 17.5 Å². The summed E-state index contributed by atoms with van der Waals surface area (Å²) in [7, 11) is 0. The molecule has 0 saturated carbocycles. The second-order valence-corrected chi connectivity index (χ2v) is 3.95. The van der Waals surface area contributed by atoms with E-state index in [-0.39, 0.29) is 5.84 Å². The zero-order valence-corrected chi connectivity index (χ0v) is 10.2. The van der Waals surface area contributed by atoms with Crippen molar-refractivity contribution in [2.75, 3.05) is 13.1 Å². The highest BCUT2D eigenvalue weighted by atomic mass is 19.1. The summed E-state index contributed by atoms with van der Waals surface area (Å²) in [5.74, 6) is -1.01. The molecule has 1 aromatic carbocycles. The summed E-state index contributed by atoms with van der Waals surface area (Å²) in [6.45, 7) is 3.52. The van der Waals surface area contributed by atoms with Crippen molar-refractivity contribution in [3.63, 3.8) is 0 Å². The summed E-state index contributed by atoms with van der Waals surface area (Å²) < 4.78 is 26.2. The van der Waals surface area contributed by atoms with Crippen molar-refractivity contribution >= 4 is 5.84 Å². The van der Waals surface area contributed by atoms with E-state index in [1.807, 2.05) is 11.8 Å². The fourth-order valence-corrected chi connectivity index (χ4v) is 1.56. The molecule has 0 heterocycles. The summed E-state index contributed by atoms with van der Waals surface area (Å²) in [6, 6.07) is 3.53. The molecule has 0 aliphatic rings. The van der Waals surface area contributed by atoms with Crippen molar-refractivity contribution in [3.8, 4) is 0 Å². The van der Waals surface area contributed by atoms with Crippen molar-refractivity contribution < 1.29 is 14.0 Å². The van der Waals surface area contributed by atoms with E-state index in [1.165, 1.54) is 12.1 Å². The van der Waals surface area contributed by atoms with E-state index >= 15 is 0 Å². The van der Waals surface area contributed by atoms with Crippen LogP contribution in [0.4, 0.5) is 8.78 Å². The highest BCUT2D eigenvalue weighted by molar-refractivity contribution is 5.79. The lowest BCUT2D eigenvalue weighted by atomic mass is 10.2. The topological polar surface area (TPSA) is 61.8 Å². The molecule has 1 rings (SSSR count). The van der Waals surface area contributed by atoms with E-state index in [2.05, 4.69) is 5.16 Å². The van der Waals surface area contributed by atoms with E-state index in [0.29, 0.717) is 31.6 Å². The summed E-state index contributed by atoms with van der Waals surface area (Å²) in [6.07, 6.45) is 0.396. The maximum atomic E-state index is 13.5. The van der Waals surface area contributed by atoms with Gasteiger partial charge in [0, 0.05) is 31.1 Å². The molecule has 1 aromatic rings. The summed E-state index contributed by atoms with van der Waals surface area (Å²) in [5.41, 5.74) is 5.80. The Labute approximate surface area is 105 Å². The van der Waals surface area contributed by atoms with Crippen LogP contribution in [-0.4, -0.2) is 29.0 Å². The molecule has 0 unspecified atom stereocenters. The molecule has 0 amide bonds. The molecule has 0 radical (unpaired) electrons. The summed E-state index contributed by atoms with van der Waals surface area (Å²) in [5, 5.41) is 11.3. The first kappa shape index (κ1) is 14.4. The monoisotopic (exact) mass is 257 g/mol. The Hall–Kier alpha value is -1.69. The van der Waals surface area contributed by atoms with Crippen LogP contribution in [0.1, 0.15) is 18.9 Å². The minimum Gasteiger partial charge on any atom is -0.409 e. The van der Waals surface area contributed by atoms with Crippen LogP contribution in [-0.2, 0) is 6.54 Å². The van der Waals surface area contributed by atoms with Gasteiger partial charge in [-0.1, -0.05) is 18.1 Å². The van der Waals surface area contributed by atoms with Gasteiger partial charge >= 0.3 is 0 Å². The van der Waals surface area contributed by atoms with Crippen LogP contribution >= 0.6 is 0 Å². The van der Waals surface area contributed by atoms with Gasteiger partial charge in [-0.05, 0) is 12.6 Å². The zero-order chi connectivity index (χ0) is 13.5. The van der Waals surface area contributed by atoms with Gasteiger partial charge in [-0.25, -0.2) is 8.78 Å². The van der Waals surface area contributed by atoms with Crippen LogP contribution in [0.25, 0.3) is 0 Å². The maximum Gasteiger partial charge on any atom is 0.140 e. The SMILES string of the molecule is CCN(CCC(N)=NO)Cc1ccc(F)cc1F. The van der Waals surface area contributed by atoms with Crippen molar-refractivity contribution in [2.24, 2.45) is 10.9 Å². The molecule has 18 heavy (non-hydrogen) atoms. The molecule has 0 aromatic heterocycles. The van der Waals surface area contributed by atoms with Crippen LogP contribution in [0, 0.1) is 11.6 Å². The molecule has 0 spiro atoms. The predicted octanol–water partition coefficient (Wildman–Crippen LogP) is 1.92. The average molecular weight is 257 g/mol. The number of amidine groups is 1. The third-order valence-corrected chi connectivity index (χ3v) is 2.67. The number of benzene rings is 1. The molecular weight excluding hydrogens is 240 g/mol. The quantitative estimate of drug-likeness (QED) is 0.354. The molecule has 0 fully saturated rings. The van der Waals surface area contributed by atoms with Crippen molar-refractivity contribution in [2.45, 2.75) is 19.9 Å². The molecule has 3 N–H and O–H groups in total. The molecule has 0 saturated heterocycles. The molecule has 0 bridgehead atoms. The van der Waals surface area contributed by atoms with Crippen molar-refractivity contribution in [1.82, 2.24) is 4.90 Å². The van der Waals surface area contributed by atoms with Gasteiger partial charge in [-0.2, -0.15) is 0 Å². The van der Waals surface area contributed by atoms with Crippen molar-refractivity contribution in [1.29, 1.82) is 0 Å². The predicted molar refractivity (Wildman–Crippen MR) is 65.3 cm³/mol. The smallest absolute Gasteiger partial charge is 0.140 e. The van der Waals surface area contributed by atoms with E-state index < -0.39 is 11.6 Å². The van der Waals surface area contributed by atoms with E-state index in [1.54, 1.807) is 0 Å². The molecule has 4 nitrogen and oxygen atoms in total. The third-order valence-electron chi connectivity index (χ3n) is 2.67. The van der Waals surface area contributed by atoms with Gasteiger partial charge < -0.3 is 10.9 Å². The highest BCUT2D eigenvalue weighted by Gasteiger charge is 2.09. The lowest BCUT2D eigenvalue weighted by molar-refractivity contribution is 0.279. The van der Waals surface area contributed by atoms with Crippen LogP contribution in [0.5, 0.6) is 0 Å². The van der Waals surface area contributed by atoms with Gasteiger partial charge in [-0.3, -0.25) is 4.90 Å². The van der Waals surface area contributed by atoms with E-state index in [4.69, 9.17) is 10.9 Å². The standard InChI is InChI=1S/C12H17F2N3O/c1-2-17(6-5-12(15)16-18)8-9-3-4-10(13)7-11(9)14/h3-4,7,18H,2,5-6,8H2,1H3,(H2,15,16). The molecule has 0 atom stereocenters. The number of oxime groups is 1. The number of hydrogen-bond acceptors (Lipinski definition) is 3. The van der Waals surface area contributed by atoms with Crippen molar-refractivity contribution in [3.05, 3.63) is 35.4 Å². The Morgan fingerprint density at radius 1 is 1.44 bits per heavy atom. The molecule has 0 aliphatic heterocycles. The Bertz CT molecular complexity index is 424. The fourth-order valence-electron chi connectivity index (χ4n) is 1.56. The maximum absolute atomic E-state index is 13.5. The normalized spacial score (nSPS) is 12.1. The minimum absolute atomic E-state index is 0.132. The molecule has 6 heteroatoms. The van der Waals surface area contributed by atoms with Crippen LogP contribution in [0.15, 0.2) is 23.4 Å². The van der Waals surface area contributed by atoms with Crippen LogP contribution < -0.4 is 5.73 Å². The van der Waals surface area contributed by atoms with Gasteiger partial charge in [0.15, 0.2) is 0 Å². The lowest BCUT2D eigenvalue weighted by Crippen LogP contribution is -2.28. The number of halogens is 2. The fraction of sp³-hybridized carbons (Fsp3) is 0.417. The first-order valence-corrected chi connectivity index (χ1v) is 5.69. The van der Waals surface area contributed by atoms with Gasteiger partial charge in [0.05, 0.1) is 0 Å². The molecule has 100 valence electrons. The first-order valence-electron chi connectivity index (χ1n) is 5.69. The van der Waals surface area contributed by atoms with Crippen LogP contribution in [0.3, 0.4) is 0 Å². The Morgan fingerprint density at radius 3 is 2.72 bits per heavy atom. The van der Waals surface area contributed by atoms with Crippen LogP contribution in [0.2, 0.25) is 0 Å². The number of nitrogens with two attached hydrogens (primary N) is 1. The second kappa shape index (κ2) is 6.90. The number of nitrogens with zero attached hydrogens (tertiary/aromatic N) is 2.